The first-order chi connectivity index (χ1) is 12.5. The Morgan fingerprint density at radius 3 is 2.92 bits per heavy atom. The fraction of sp³-hybridized carbons (Fsp3) is 0.222. The number of hydrogen-bond acceptors (Lipinski definition) is 7. The van der Waals surface area contributed by atoms with E-state index in [1.165, 1.54) is 0 Å². The molecule has 0 spiro atoms. The summed E-state index contributed by atoms with van der Waals surface area (Å²) in [6.45, 7) is 3.73. The quantitative estimate of drug-likeness (QED) is 0.745. The first-order valence-electron chi connectivity index (χ1n) is 7.81. The topological polar surface area (TPSA) is 123 Å². The molecule has 2 heterocycles. The van der Waals surface area contributed by atoms with Gasteiger partial charge in [-0.15, -0.1) is 0 Å². The summed E-state index contributed by atoms with van der Waals surface area (Å²) in [5, 5.41) is 9.74. The van der Waals surface area contributed by atoms with Gasteiger partial charge in [0.15, 0.2) is 0 Å². The van der Waals surface area contributed by atoms with Crippen LogP contribution in [-0.2, 0) is 6.54 Å². The molecule has 1 aliphatic heterocycles. The average molecular weight is 413 g/mol. The summed E-state index contributed by atoms with van der Waals surface area (Å²) >= 11 is 3.48. The van der Waals surface area contributed by atoms with Crippen LogP contribution in [0.15, 0.2) is 32.7 Å². The molecule has 0 amide bonds. The van der Waals surface area contributed by atoms with Crippen LogP contribution < -0.4 is 16.2 Å². The summed E-state index contributed by atoms with van der Waals surface area (Å²) in [6, 6.07) is 7.89. The number of benzene rings is 1. The Balaban J connectivity index is 2.32. The van der Waals surface area contributed by atoms with Gasteiger partial charge in [-0.25, -0.2) is 0 Å². The Kier molecular flexibility index (Phi) is 4.91. The number of nitriles is 1. The molecule has 0 bridgehead atoms. The minimum atomic E-state index is -0.548. The van der Waals surface area contributed by atoms with E-state index in [1.54, 1.807) is 13.3 Å². The number of nitrogens with two attached hydrogens (primary N) is 2. The molecule has 2 aromatic rings. The maximum atomic E-state index is 9.74. The van der Waals surface area contributed by atoms with E-state index >= 15 is 0 Å². The second-order valence-corrected chi connectivity index (χ2v) is 6.73. The van der Waals surface area contributed by atoms with Crippen LogP contribution in [0.3, 0.4) is 0 Å². The summed E-state index contributed by atoms with van der Waals surface area (Å²) < 4.78 is 6.81. The lowest BCUT2D eigenvalue weighted by Gasteiger charge is -2.31. The van der Waals surface area contributed by atoms with E-state index in [0.29, 0.717) is 28.4 Å². The zero-order valence-electron chi connectivity index (χ0n) is 14.1. The fourth-order valence-corrected chi connectivity index (χ4v) is 3.53. The highest BCUT2D eigenvalue weighted by atomic mass is 79.9. The van der Waals surface area contributed by atoms with Crippen molar-refractivity contribution in [3.63, 3.8) is 0 Å². The second kappa shape index (κ2) is 7.14. The first-order valence-corrected chi connectivity index (χ1v) is 8.60. The summed E-state index contributed by atoms with van der Waals surface area (Å²) in [5.41, 5.74) is 14.9. The molecule has 132 valence electrons. The van der Waals surface area contributed by atoms with Crippen LogP contribution in [0.1, 0.15) is 22.6 Å². The molecule has 1 aromatic heterocycles. The lowest BCUT2D eigenvalue weighted by molar-refractivity contribution is 0.423. The minimum Gasteiger partial charge on any atom is -0.438 e. The van der Waals surface area contributed by atoms with Crippen molar-refractivity contribution in [1.29, 1.82) is 5.26 Å². The Labute approximate surface area is 159 Å². The van der Waals surface area contributed by atoms with Crippen molar-refractivity contribution < 1.29 is 4.74 Å². The van der Waals surface area contributed by atoms with E-state index in [4.69, 9.17) is 16.2 Å². The monoisotopic (exact) mass is 412 g/mol. The number of halogens is 1. The third-order valence-corrected chi connectivity index (χ3v) is 4.78. The highest BCUT2D eigenvalue weighted by Gasteiger charge is 2.37. The van der Waals surface area contributed by atoms with Crippen molar-refractivity contribution in [3.8, 4) is 17.7 Å². The number of hydrogen-bond donors (Lipinski definition) is 2. The number of nitrogen functional groups attached to an aromatic ring is 2. The lowest BCUT2D eigenvalue weighted by atomic mass is 9.79. The summed E-state index contributed by atoms with van der Waals surface area (Å²) in [6.07, 6.45) is 1.60. The van der Waals surface area contributed by atoms with Crippen molar-refractivity contribution >= 4 is 40.4 Å². The van der Waals surface area contributed by atoms with Gasteiger partial charge in [-0.05, 0) is 24.9 Å². The average Bonchev–Trinajstić information content (AvgIpc) is 2.62. The molecule has 0 saturated carbocycles. The van der Waals surface area contributed by atoms with Gasteiger partial charge in [0.25, 0.3) is 0 Å². The number of anilines is 2. The molecular weight excluding hydrogens is 396 g/mol. The summed E-state index contributed by atoms with van der Waals surface area (Å²) in [5.74, 6) is 0.212. The Hall–Kier alpha value is -2.92. The normalized spacial score (nSPS) is 16.3. The van der Waals surface area contributed by atoms with Crippen LogP contribution in [0, 0.1) is 17.2 Å². The predicted molar refractivity (Wildman–Crippen MR) is 106 cm³/mol. The molecule has 2 unspecified atom stereocenters. The molecule has 26 heavy (non-hydrogen) atoms. The van der Waals surface area contributed by atoms with Crippen LogP contribution in [0.4, 0.5) is 11.5 Å². The molecule has 0 radical (unpaired) electrons. The third kappa shape index (κ3) is 2.91. The number of nitrogens with zero attached hydrogens (tertiary/aromatic N) is 4. The molecule has 1 aromatic carbocycles. The first kappa shape index (κ1) is 17.9. The van der Waals surface area contributed by atoms with Gasteiger partial charge >= 0.3 is 0 Å². The van der Waals surface area contributed by atoms with Crippen molar-refractivity contribution in [3.05, 3.63) is 39.4 Å². The SMILES string of the molecule is C=NCc1c(N)nc2c(c1N)C(C(C#N)C=NC)c1cc(Br)ccc1O2. The molecule has 0 aliphatic carbocycles. The predicted octanol–water partition coefficient (Wildman–Crippen LogP) is 3.29. The van der Waals surface area contributed by atoms with Gasteiger partial charge in [0, 0.05) is 46.0 Å². The van der Waals surface area contributed by atoms with E-state index in [9.17, 15) is 5.26 Å². The Morgan fingerprint density at radius 2 is 2.27 bits per heavy atom. The molecule has 4 N–H and O–H groups in total. The minimum absolute atomic E-state index is 0.231. The maximum absolute atomic E-state index is 9.74. The smallest absolute Gasteiger partial charge is 0.227 e. The zero-order valence-corrected chi connectivity index (χ0v) is 15.7. The standard InChI is InChI=1S/C18H17BrN6O/c1-23-7-9(6-20)14-11-5-10(19)3-4-13(11)26-18-15(14)16(21)12(8-24-2)17(22)25-18/h3-5,7,9,14H,2,8H2,1H3,(H4,21,22,25). The second-order valence-electron chi connectivity index (χ2n) is 5.81. The molecule has 1 aliphatic rings. The molecule has 0 saturated heterocycles. The van der Waals surface area contributed by atoms with Crippen LogP contribution >= 0.6 is 15.9 Å². The van der Waals surface area contributed by atoms with E-state index in [2.05, 4.69) is 43.7 Å². The zero-order chi connectivity index (χ0) is 18.8. The van der Waals surface area contributed by atoms with Crippen LogP contribution in [0.25, 0.3) is 0 Å². The van der Waals surface area contributed by atoms with E-state index in [-0.39, 0.29) is 12.4 Å². The highest BCUT2D eigenvalue weighted by Crippen LogP contribution is 2.50. The highest BCUT2D eigenvalue weighted by molar-refractivity contribution is 9.10. The van der Waals surface area contributed by atoms with Crippen molar-refractivity contribution in [2.45, 2.75) is 12.5 Å². The van der Waals surface area contributed by atoms with Crippen molar-refractivity contribution in [2.75, 3.05) is 18.5 Å². The molecule has 0 fully saturated rings. The fourth-order valence-electron chi connectivity index (χ4n) is 3.15. The number of aromatic nitrogens is 1. The lowest BCUT2D eigenvalue weighted by Crippen LogP contribution is -2.22. The van der Waals surface area contributed by atoms with E-state index in [0.717, 1.165) is 10.0 Å². The number of rotatable bonds is 4. The van der Waals surface area contributed by atoms with Crippen LogP contribution in [-0.4, -0.2) is 25.0 Å². The number of ether oxygens (including phenoxy) is 1. The maximum Gasteiger partial charge on any atom is 0.227 e. The number of aliphatic imine (C=N–C) groups is 2. The van der Waals surface area contributed by atoms with Gasteiger partial charge in [0.1, 0.15) is 11.6 Å². The third-order valence-electron chi connectivity index (χ3n) is 4.29. The van der Waals surface area contributed by atoms with Gasteiger partial charge in [-0.2, -0.15) is 10.2 Å². The van der Waals surface area contributed by atoms with Crippen molar-refractivity contribution in [1.82, 2.24) is 4.98 Å². The molecule has 8 heteroatoms. The van der Waals surface area contributed by atoms with E-state index < -0.39 is 11.8 Å². The van der Waals surface area contributed by atoms with Gasteiger partial charge in [0.2, 0.25) is 5.88 Å². The number of pyridine rings is 1. The van der Waals surface area contributed by atoms with E-state index in [1.807, 2.05) is 18.2 Å². The molecule has 7 nitrogen and oxygen atoms in total. The molecule has 2 atom stereocenters. The van der Waals surface area contributed by atoms with Gasteiger partial charge in [-0.3, -0.25) is 9.98 Å². The van der Waals surface area contributed by atoms with Crippen LogP contribution in [0.5, 0.6) is 11.6 Å². The molecule has 3 rings (SSSR count). The van der Waals surface area contributed by atoms with Gasteiger partial charge in [0.05, 0.1) is 18.5 Å². The van der Waals surface area contributed by atoms with Gasteiger partial charge < -0.3 is 16.2 Å². The Bertz CT molecular complexity index is 950. The Morgan fingerprint density at radius 1 is 1.50 bits per heavy atom. The van der Waals surface area contributed by atoms with Crippen molar-refractivity contribution in [2.24, 2.45) is 15.9 Å². The summed E-state index contributed by atoms with van der Waals surface area (Å²) in [7, 11) is 1.63. The number of fused-ring (bicyclic) bond motifs is 2. The molecular formula is C18H17BrN6O. The van der Waals surface area contributed by atoms with Gasteiger partial charge in [-0.1, -0.05) is 15.9 Å². The van der Waals surface area contributed by atoms with Crippen LogP contribution in [0.2, 0.25) is 0 Å². The summed E-state index contributed by atoms with van der Waals surface area (Å²) in [4.78, 5) is 12.3. The largest absolute Gasteiger partial charge is 0.438 e.